The Kier molecular flexibility index (Phi) is 7.03. The molecule has 0 heterocycles. The Bertz CT molecular complexity index is 567. The van der Waals surface area contributed by atoms with Crippen molar-refractivity contribution in [1.29, 1.82) is 0 Å². The second-order valence-electron chi connectivity index (χ2n) is 6.72. The van der Waals surface area contributed by atoms with Crippen LogP contribution < -0.4 is 15.5 Å². The van der Waals surface area contributed by atoms with Crippen molar-refractivity contribution in [1.82, 2.24) is 5.32 Å². The van der Waals surface area contributed by atoms with Crippen molar-refractivity contribution in [3.8, 4) is 0 Å². The van der Waals surface area contributed by atoms with E-state index in [2.05, 4.69) is 10.6 Å². The van der Waals surface area contributed by atoms with Crippen molar-refractivity contribution in [2.45, 2.75) is 40.2 Å². The standard InChI is InChI=1S/C17H26ClN3O2/c1-6-21(11-16(23)20-17(3,4)5)10-15(22)19-14-9-7-8-13(18)12(14)2/h7-9H,6,10-11H2,1-5H3,(H,19,22)(H,20,23)/p+1. The van der Waals surface area contributed by atoms with Crippen LogP contribution in [0.5, 0.6) is 0 Å². The molecule has 0 saturated heterocycles. The number of rotatable bonds is 6. The third kappa shape index (κ3) is 7.01. The minimum atomic E-state index is -0.268. The largest absolute Gasteiger partial charge is 0.347 e. The fraction of sp³-hybridized carbons (Fsp3) is 0.529. The molecule has 0 radical (unpaired) electrons. The van der Waals surface area contributed by atoms with Crippen molar-refractivity contribution in [2.24, 2.45) is 0 Å². The number of halogens is 1. The summed E-state index contributed by atoms with van der Waals surface area (Å²) in [6, 6.07) is 5.40. The van der Waals surface area contributed by atoms with Gasteiger partial charge in [0.15, 0.2) is 13.1 Å². The van der Waals surface area contributed by atoms with E-state index in [0.29, 0.717) is 17.3 Å². The highest BCUT2D eigenvalue weighted by atomic mass is 35.5. The van der Waals surface area contributed by atoms with Gasteiger partial charge in [-0.3, -0.25) is 9.59 Å². The first-order valence-electron chi connectivity index (χ1n) is 7.82. The summed E-state index contributed by atoms with van der Waals surface area (Å²) in [6.07, 6.45) is 0. The van der Waals surface area contributed by atoms with Crippen LogP contribution in [0, 0.1) is 6.92 Å². The first kappa shape index (κ1) is 19.5. The molecule has 0 aliphatic rings. The molecule has 128 valence electrons. The molecule has 1 atom stereocenters. The Labute approximate surface area is 143 Å². The van der Waals surface area contributed by atoms with Crippen LogP contribution in [-0.2, 0) is 9.59 Å². The summed E-state index contributed by atoms with van der Waals surface area (Å²) in [7, 11) is 0. The second-order valence-corrected chi connectivity index (χ2v) is 7.12. The molecule has 1 unspecified atom stereocenters. The number of anilines is 1. The molecule has 23 heavy (non-hydrogen) atoms. The topological polar surface area (TPSA) is 62.6 Å². The molecule has 0 spiro atoms. The fourth-order valence-corrected chi connectivity index (χ4v) is 2.34. The van der Waals surface area contributed by atoms with Crippen molar-refractivity contribution < 1.29 is 14.5 Å². The molecule has 3 N–H and O–H groups in total. The van der Waals surface area contributed by atoms with E-state index < -0.39 is 0 Å². The summed E-state index contributed by atoms with van der Waals surface area (Å²) < 4.78 is 0. The van der Waals surface area contributed by atoms with Crippen LogP contribution in [0.4, 0.5) is 5.69 Å². The fourth-order valence-electron chi connectivity index (χ4n) is 2.17. The number of likely N-dealkylation sites (N-methyl/N-ethyl adjacent to an activating group) is 1. The lowest BCUT2D eigenvalue weighted by molar-refractivity contribution is -0.881. The van der Waals surface area contributed by atoms with Gasteiger partial charge < -0.3 is 15.5 Å². The maximum Gasteiger partial charge on any atom is 0.279 e. The normalized spacial score (nSPS) is 12.6. The quantitative estimate of drug-likeness (QED) is 0.733. The molecule has 0 bridgehead atoms. The van der Waals surface area contributed by atoms with Crippen LogP contribution in [0.15, 0.2) is 18.2 Å². The molecule has 1 rings (SSSR count). The van der Waals surface area contributed by atoms with Crippen molar-refractivity contribution in [3.05, 3.63) is 28.8 Å². The molecule has 0 aliphatic heterocycles. The number of carbonyl (C=O) groups excluding carboxylic acids is 2. The first-order chi connectivity index (χ1) is 10.6. The molecule has 0 aliphatic carbocycles. The van der Waals surface area contributed by atoms with E-state index in [1.807, 2.05) is 40.7 Å². The predicted octanol–water partition coefficient (Wildman–Crippen LogP) is 1.41. The number of quaternary nitrogens is 1. The maximum atomic E-state index is 12.2. The lowest BCUT2D eigenvalue weighted by Gasteiger charge is -2.23. The Hall–Kier alpha value is -1.59. The van der Waals surface area contributed by atoms with Gasteiger partial charge in [0.1, 0.15) is 0 Å². The van der Waals surface area contributed by atoms with E-state index in [1.165, 1.54) is 0 Å². The third-order valence-corrected chi connectivity index (χ3v) is 3.79. The van der Waals surface area contributed by atoms with Crippen LogP contribution in [0.3, 0.4) is 0 Å². The summed E-state index contributed by atoms with van der Waals surface area (Å²) in [5.41, 5.74) is 1.28. The van der Waals surface area contributed by atoms with Gasteiger partial charge >= 0.3 is 0 Å². The number of carbonyl (C=O) groups is 2. The van der Waals surface area contributed by atoms with Gasteiger partial charge in [-0.15, -0.1) is 0 Å². The summed E-state index contributed by atoms with van der Waals surface area (Å²) >= 11 is 6.05. The van der Waals surface area contributed by atoms with Gasteiger partial charge in [-0.25, -0.2) is 0 Å². The van der Waals surface area contributed by atoms with Crippen LogP contribution in [0.2, 0.25) is 5.02 Å². The zero-order valence-electron chi connectivity index (χ0n) is 14.5. The molecule has 2 amide bonds. The van der Waals surface area contributed by atoms with Crippen LogP contribution in [-0.4, -0.2) is 37.0 Å². The van der Waals surface area contributed by atoms with Crippen LogP contribution >= 0.6 is 11.6 Å². The summed E-state index contributed by atoms with van der Waals surface area (Å²) in [5, 5.41) is 6.39. The molecular weight excluding hydrogens is 314 g/mol. The van der Waals surface area contributed by atoms with Crippen molar-refractivity contribution in [3.63, 3.8) is 0 Å². The van der Waals surface area contributed by atoms with Crippen molar-refractivity contribution >= 4 is 29.1 Å². The predicted molar refractivity (Wildman–Crippen MR) is 94.0 cm³/mol. The summed E-state index contributed by atoms with van der Waals surface area (Å²) in [4.78, 5) is 25.1. The van der Waals surface area contributed by atoms with E-state index in [0.717, 1.165) is 10.5 Å². The second kappa shape index (κ2) is 8.31. The molecule has 0 saturated carbocycles. The van der Waals surface area contributed by atoms with E-state index >= 15 is 0 Å². The summed E-state index contributed by atoms with van der Waals surface area (Å²) in [6.45, 7) is 10.8. The van der Waals surface area contributed by atoms with Gasteiger partial charge in [0.05, 0.1) is 6.54 Å². The van der Waals surface area contributed by atoms with Gasteiger partial charge in [-0.1, -0.05) is 17.7 Å². The minimum absolute atomic E-state index is 0.0545. The van der Waals surface area contributed by atoms with E-state index in [-0.39, 0.29) is 30.4 Å². The first-order valence-corrected chi connectivity index (χ1v) is 8.19. The van der Waals surface area contributed by atoms with Gasteiger partial charge in [0, 0.05) is 16.2 Å². The Balaban J connectivity index is 2.60. The van der Waals surface area contributed by atoms with Gasteiger partial charge in [-0.2, -0.15) is 0 Å². The highest BCUT2D eigenvalue weighted by Gasteiger charge is 2.20. The molecule has 1 aromatic carbocycles. The number of hydrogen-bond acceptors (Lipinski definition) is 2. The van der Waals surface area contributed by atoms with Gasteiger partial charge in [-0.05, 0) is 52.3 Å². The highest BCUT2D eigenvalue weighted by Crippen LogP contribution is 2.22. The van der Waals surface area contributed by atoms with Crippen molar-refractivity contribution in [2.75, 3.05) is 25.0 Å². The van der Waals surface area contributed by atoms with E-state index in [1.54, 1.807) is 12.1 Å². The van der Waals surface area contributed by atoms with Gasteiger partial charge in [0.25, 0.3) is 11.8 Å². The molecule has 6 heteroatoms. The Morgan fingerprint density at radius 1 is 1.17 bits per heavy atom. The zero-order chi connectivity index (χ0) is 17.6. The molecule has 5 nitrogen and oxygen atoms in total. The molecule has 0 aromatic heterocycles. The number of amides is 2. The molecule has 1 aromatic rings. The Morgan fingerprint density at radius 2 is 1.78 bits per heavy atom. The number of hydrogen-bond donors (Lipinski definition) is 3. The van der Waals surface area contributed by atoms with E-state index in [4.69, 9.17) is 11.6 Å². The van der Waals surface area contributed by atoms with Crippen LogP contribution in [0.25, 0.3) is 0 Å². The number of nitrogens with one attached hydrogen (secondary N) is 3. The van der Waals surface area contributed by atoms with E-state index in [9.17, 15) is 9.59 Å². The summed E-state index contributed by atoms with van der Waals surface area (Å²) in [5.74, 6) is -0.183. The number of benzene rings is 1. The third-order valence-electron chi connectivity index (χ3n) is 3.38. The minimum Gasteiger partial charge on any atom is -0.347 e. The average Bonchev–Trinajstić information content (AvgIpc) is 2.41. The average molecular weight is 341 g/mol. The van der Waals surface area contributed by atoms with Crippen LogP contribution in [0.1, 0.15) is 33.3 Å². The molecule has 0 fully saturated rings. The maximum absolute atomic E-state index is 12.2. The van der Waals surface area contributed by atoms with Gasteiger partial charge in [0.2, 0.25) is 0 Å². The SMILES string of the molecule is CC[NH+](CC(=O)Nc1cccc(Cl)c1C)CC(=O)NC(C)(C)C. The lowest BCUT2D eigenvalue weighted by Crippen LogP contribution is -3.14. The lowest BCUT2D eigenvalue weighted by atomic mass is 10.1. The highest BCUT2D eigenvalue weighted by molar-refractivity contribution is 6.31. The smallest absolute Gasteiger partial charge is 0.279 e. The zero-order valence-corrected chi connectivity index (χ0v) is 15.3. The molecular formula is C17H27ClN3O2+. The Morgan fingerprint density at radius 3 is 2.35 bits per heavy atom. The monoisotopic (exact) mass is 340 g/mol.